The second-order valence-corrected chi connectivity index (χ2v) is 2.00. The number of hydrogen-bond donors (Lipinski definition) is 0. The highest BCUT2D eigenvalue weighted by Gasteiger charge is 2.20. The number of esters is 1. The maximum atomic E-state index is 10.6. The molecule has 0 aromatic carbocycles. The zero-order valence-electron chi connectivity index (χ0n) is 5.07. The highest BCUT2D eigenvalue weighted by Crippen LogP contribution is 2.20. The Morgan fingerprint density at radius 3 is 3.30 bits per heavy atom. The van der Waals surface area contributed by atoms with Crippen LogP contribution in [-0.2, 0) is 11.2 Å². The third-order valence-corrected chi connectivity index (χ3v) is 1.29. The Balaban J connectivity index is 2.51. The van der Waals surface area contributed by atoms with Crippen LogP contribution >= 0.6 is 0 Å². The number of nitrogens with zero attached hydrogens (tertiary/aromatic N) is 2. The molecule has 0 atom stereocenters. The Bertz CT molecular complexity index is 258. The molecule has 0 fully saturated rings. The minimum atomic E-state index is -0.254. The first-order valence-electron chi connectivity index (χ1n) is 2.86. The summed E-state index contributed by atoms with van der Waals surface area (Å²) in [5.41, 5.74) is 0.771. The fourth-order valence-electron chi connectivity index (χ4n) is 0.860. The molecule has 0 unspecified atom stereocenters. The lowest BCUT2D eigenvalue weighted by Crippen LogP contribution is -2.00. The fourth-order valence-corrected chi connectivity index (χ4v) is 0.860. The van der Waals surface area contributed by atoms with Crippen LogP contribution in [0.2, 0.25) is 0 Å². The molecule has 1 aromatic heterocycles. The number of rotatable bonds is 0. The minimum absolute atomic E-state index is 0.254. The van der Waals surface area contributed by atoms with Gasteiger partial charge in [0, 0.05) is 11.8 Å². The van der Waals surface area contributed by atoms with Gasteiger partial charge in [-0.1, -0.05) is 0 Å². The van der Waals surface area contributed by atoms with E-state index in [0.29, 0.717) is 12.3 Å². The van der Waals surface area contributed by atoms with Crippen LogP contribution in [0.3, 0.4) is 0 Å². The largest absolute Gasteiger partial charge is 0.407 e. The van der Waals surface area contributed by atoms with E-state index in [-0.39, 0.29) is 5.97 Å². The highest BCUT2D eigenvalue weighted by atomic mass is 16.5. The van der Waals surface area contributed by atoms with Gasteiger partial charge in [-0.3, -0.25) is 4.79 Å². The first-order valence-corrected chi connectivity index (χ1v) is 2.86. The van der Waals surface area contributed by atoms with E-state index in [1.807, 2.05) is 0 Å². The summed E-state index contributed by atoms with van der Waals surface area (Å²) in [4.78, 5) is 18.1. The average Bonchev–Trinajstić information content (AvgIpc) is 2.27. The summed E-state index contributed by atoms with van der Waals surface area (Å²) in [6, 6.07) is 0. The van der Waals surface area contributed by atoms with Gasteiger partial charge in [-0.2, -0.15) is 0 Å². The molecule has 0 saturated heterocycles. The Labute approximate surface area is 56.9 Å². The van der Waals surface area contributed by atoms with E-state index in [1.165, 1.54) is 6.33 Å². The van der Waals surface area contributed by atoms with Crippen molar-refractivity contribution in [2.24, 2.45) is 0 Å². The molecule has 0 saturated carbocycles. The maximum Gasteiger partial charge on any atom is 0.317 e. The molecule has 4 nitrogen and oxygen atoms in total. The minimum Gasteiger partial charge on any atom is -0.407 e. The molecule has 0 bridgehead atoms. The predicted molar refractivity (Wildman–Crippen MR) is 31.4 cm³/mol. The van der Waals surface area contributed by atoms with Crippen LogP contribution in [0.4, 0.5) is 0 Å². The van der Waals surface area contributed by atoms with Gasteiger partial charge in [0.25, 0.3) is 0 Å². The Morgan fingerprint density at radius 1 is 1.60 bits per heavy atom. The quantitative estimate of drug-likeness (QED) is 0.469. The fraction of sp³-hybridized carbons (Fsp3) is 0.167. The van der Waals surface area contributed by atoms with Crippen LogP contribution in [-0.4, -0.2) is 15.9 Å². The third kappa shape index (κ3) is 0.655. The standard InChI is InChI=1S/C6H4N2O2/c9-5-1-4-2-7-3-8-6(4)10-5/h2-3H,1H2. The van der Waals surface area contributed by atoms with Crippen LogP contribution in [0, 0.1) is 0 Å². The Hall–Kier alpha value is -1.45. The van der Waals surface area contributed by atoms with Crippen LogP contribution in [0.15, 0.2) is 12.5 Å². The molecular weight excluding hydrogens is 132 g/mol. The molecule has 2 heterocycles. The van der Waals surface area contributed by atoms with Gasteiger partial charge >= 0.3 is 5.97 Å². The van der Waals surface area contributed by atoms with Crippen molar-refractivity contribution in [3.05, 3.63) is 18.1 Å². The van der Waals surface area contributed by atoms with Crippen molar-refractivity contribution in [3.63, 3.8) is 0 Å². The number of hydrogen-bond acceptors (Lipinski definition) is 4. The van der Waals surface area contributed by atoms with Crippen molar-refractivity contribution >= 4 is 5.97 Å². The van der Waals surface area contributed by atoms with E-state index in [2.05, 4.69) is 9.97 Å². The molecular formula is C6H4N2O2. The summed E-state index contributed by atoms with van der Waals surface area (Å²) in [5, 5.41) is 0. The molecule has 0 amide bonds. The van der Waals surface area contributed by atoms with Gasteiger partial charge in [0.2, 0.25) is 5.88 Å². The van der Waals surface area contributed by atoms with E-state index >= 15 is 0 Å². The summed E-state index contributed by atoms with van der Waals surface area (Å²) < 4.78 is 4.72. The lowest BCUT2D eigenvalue weighted by Gasteiger charge is -1.89. The molecule has 10 heavy (non-hydrogen) atoms. The molecule has 0 radical (unpaired) electrons. The molecule has 1 aliphatic rings. The SMILES string of the molecule is O=C1Cc2cncnc2O1. The van der Waals surface area contributed by atoms with Gasteiger partial charge in [-0.15, -0.1) is 0 Å². The number of ether oxygens (including phenoxy) is 1. The van der Waals surface area contributed by atoms with E-state index in [4.69, 9.17) is 4.74 Å². The summed E-state index contributed by atoms with van der Waals surface area (Å²) in [5.74, 6) is 0.149. The van der Waals surface area contributed by atoms with Crippen molar-refractivity contribution in [1.82, 2.24) is 9.97 Å². The lowest BCUT2D eigenvalue weighted by atomic mass is 10.3. The molecule has 0 spiro atoms. The zero-order chi connectivity index (χ0) is 6.97. The highest BCUT2D eigenvalue weighted by molar-refractivity contribution is 5.79. The van der Waals surface area contributed by atoms with E-state index in [0.717, 1.165) is 5.56 Å². The van der Waals surface area contributed by atoms with Gasteiger partial charge in [0.15, 0.2) is 0 Å². The maximum absolute atomic E-state index is 10.6. The molecule has 1 aliphatic heterocycles. The first-order chi connectivity index (χ1) is 4.86. The molecule has 4 heteroatoms. The summed E-state index contributed by atoms with van der Waals surface area (Å²) in [6.45, 7) is 0. The van der Waals surface area contributed by atoms with Gasteiger partial charge in [0.1, 0.15) is 6.33 Å². The smallest absolute Gasteiger partial charge is 0.317 e. The summed E-state index contributed by atoms with van der Waals surface area (Å²) in [7, 11) is 0. The van der Waals surface area contributed by atoms with Crippen LogP contribution in [0.25, 0.3) is 0 Å². The van der Waals surface area contributed by atoms with Crippen molar-refractivity contribution in [2.75, 3.05) is 0 Å². The average molecular weight is 136 g/mol. The molecule has 0 aliphatic carbocycles. The third-order valence-electron chi connectivity index (χ3n) is 1.29. The number of carbonyl (C=O) groups is 1. The second kappa shape index (κ2) is 1.76. The molecule has 50 valence electrons. The summed E-state index contributed by atoms with van der Waals surface area (Å²) >= 11 is 0. The molecule has 2 rings (SSSR count). The van der Waals surface area contributed by atoms with Crippen molar-refractivity contribution in [2.45, 2.75) is 6.42 Å². The van der Waals surface area contributed by atoms with Crippen LogP contribution in [0.1, 0.15) is 5.56 Å². The Morgan fingerprint density at radius 2 is 2.50 bits per heavy atom. The molecule has 1 aromatic rings. The van der Waals surface area contributed by atoms with Crippen LogP contribution in [0.5, 0.6) is 5.88 Å². The zero-order valence-corrected chi connectivity index (χ0v) is 5.07. The first kappa shape index (κ1) is 5.34. The van der Waals surface area contributed by atoms with Crippen LogP contribution < -0.4 is 4.74 Å². The predicted octanol–water partition coefficient (Wildman–Crippen LogP) is -0.0619. The van der Waals surface area contributed by atoms with Gasteiger partial charge < -0.3 is 4.74 Å². The molecule has 0 N–H and O–H groups in total. The van der Waals surface area contributed by atoms with Gasteiger partial charge in [-0.05, 0) is 0 Å². The number of carbonyl (C=O) groups excluding carboxylic acids is 1. The van der Waals surface area contributed by atoms with E-state index in [9.17, 15) is 4.79 Å². The normalized spacial score (nSPS) is 14.6. The summed E-state index contributed by atoms with van der Waals surface area (Å²) in [6.07, 6.45) is 3.25. The second-order valence-electron chi connectivity index (χ2n) is 2.00. The topological polar surface area (TPSA) is 52.1 Å². The lowest BCUT2D eigenvalue weighted by molar-refractivity contribution is -0.132. The van der Waals surface area contributed by atoms with Gasteiger partial charge in [-0.25, -0.2) is 9.97 Å². The monoisotopic (exact) mass is 136 g/mol. The van der Waals surface area contributed by atoms with Crippen molar-refractivity contribution < 1.29 is 9.53 Å². The van der Waals surface area contributed by atoms with Gasteiger partial charge in [0.05, 0.1) is 6.42 Å². The van der Waals surface area contributed by atoms with E-state index in [1.54, 1.807) is 6.20 Å². The Kier molecular flexibility index (Phi) is 0.943. The number of aromatic nitrogens is 2. The van der Waals surface area contributed by atoms with Crippen molar-refractivity contribution in [3.8, 4) is 5.88 Å². The number of fused-ring (bicyclic) bond motifs is 1. The van der Waals surface area contributed by atoms with E-state index < -0.39 is 0 Å². The van der Waals surface area contributed by atoms with Crippen molar-refractivity contribution in [1.29, 1.82) is 0 Å².